The van der Waals surface area contributed by atoms with Gasteiger partial charge < -0.3 is 0 Å². The van der Waals surface area contributed by atoms with Crippen LogP contribution < -0.4 is 15.0 Å². The van der Waals surface area contributed by atoms with Crippen LogP contribution in [-0.4, -0.2) is 76.9 Å². The van der Waals surface area contributed by atoms with Crippen LogP contribution in [0.5, 0.6) is 0 Å². The molecule has 0 atom stereocenters. The van der Waals surface area contributed by atoms with Gasteiger partial charge in [-0.1, -0.05) is 0 Å². The van der Waals surface area contributed by atoms with Gasteiger partial charge in [0.15, 0.2) is 0 Å². The zero-order chi connectivity index (χ0) is 30.8. The van der Waals surface area contributed by atoms with Crippen LogP contribution >= 0.6 is 31.3 Å². The molecule has 0 saturated heterocycles. The van der Waals surface area contributed by atoms with Crippen LogP contribution in [0.2, 0.25) is 0 Å². The third kappa shape index (κ3) is 77.4. The molecule has 0 aliphatic carbocycles. The van der Waals surface area contributed by atoms with E-state index in [9.17, 15) is 60.5 Å². The average molecular weight is 1070 g/mol. The summed E-state index contributed by atoms with van der Waals surface area (Å²) < 4.78 is 163. The van der Waals surface area contributed by atoms with E-state index in [1.807, 2.05) is 0 Å². The van der Waals surface area contributed by atoms with Gasteiger partial charge >= 0.3 is 268 Å². The maximum absolute atomic E-state index is 9.57. The first-order valence-electron chi connectivity index (χ1n) is 5.73. The first kappa shape index (κ1) is 53.8. The van der Waals surface area contributed by atoms with Crippen LogP contribution in [0.3, 0.4) is 0 Å². The van der Waals surface area contributed by atoms with Crippen LogP contribution in [0.15, 0.2) is 0 Å². The molecular weight excluding hydrogens is 1060 g/mol. The van der Waals surface area contributed by atoms with Crippen molar-refractivity contribution in [2.45, 2.75) is 0 Å². The first-order chi connectivity index (χ1) is 14.8. The van der Waals surface area contributed by atoms with Gasteiger partial charge in [-0.25, -0.2) is 0 Å². The second kappa shape index (κ2) is 20.4. The summed E-state index contributed by atoms with van der Waals surface area (Å²) in [5.74, 6) is 0. The Bertz CT molecular complexity index is 1080. The Kier molecular flexibility index (Phi) is 28.9. The fraction of sp³-hybridized carbons (Fsp3) is 0. The van der Waals surface area contributed by atoms with Gasteiger partial charge in [0.25, 0.3) is 0 Å². The molecule has 0 radical (unpaired) electrons. The van der Waals surface area contributed by atoms with Crippen molar-refractivity contribution in [1.82, 2.24) is 0 Å². The largest absolute Gasteiger partial charge is 2.00 e. The topological polar surface area (TPSA) is 496 Å². The molecule has 28 nitrogen and oxygen atoms in total. The molecule has 0 heterocycles. The van der Waals surface area contributed by atoms with Crippen molar-refractivity contribution in [2.75, 3.05) is 0 Å². The molecule has 0 amide bonds. The zero-order valence-corrected chi connectivity index (χ0v) is 33.4. The average Bonchev–Trinajstić information content (AvgIpc) is 2.19. The summed E-state index contributed by atoms with van der Waals surface area (Å²) >= 11 is -25.1. The van der Waals surface area contributed by atoms with E-state index in [0.29, 0.717) is 0 Å². The molecule has 0 aliphatic rings. The molecule has 0 aromatic carbocycles. The summed E-state index contributed by atoms with van der Waals surface area (Å²) in [5, 5.41) is 0. The van der Waals surface area contributed by atoms with Crippen molar-refractivity contribution in [1.29, 1.82) is 0 Å². The zero-order valence-electron chi connectivity index (χ0n) is 16.6. The van der Waals surface area contributed by atoms with Gasteiger partial charge in [-0.05, 0) is 0 Å². The van der Waals surface area contributed by atoms with E-state index in [0.717, 1.165) is 0 Å². The molecule has 0 spiro atoms. The molecule has 0 rings (SSSR count). The molecule has 0 unspecified atom stereocenters. The van der Waals surface area contributed by atoms with Gasteiger partial charge in [-0.2, -0.15) is 0 Å². The van der Waals surface area contributed by atoms with Gasteiger partial charge in [-0.3, -0.25) is 0 Å². The molecule has 0 aromatic rings. The summed E-state index contributed by atoms with van der Waals surface area (Å²) in [6.07, 6.45) is 0. The summed E-state index contributed by atoms with van der Waals surface area (Å²) in [4.78, 5) is 61.5. The van der Waals surface area contributed by atoms with E-state index in [-0.39, 0.29) is 57.2 Å². The maximum Gasteiger partial charge on any atom is 2.00 e. The van der Waals surface area contributed by atoms with E-state index >= 15 is 0 Å². The number of rotatable bonds is 8. The Morgan fingerprint density at radius 1 is 0.395 bits per heavy atom. The van der Waals surface area contributed by atoms with E-state index in [4.69, 9.17) is 39.1 Å². The Morgan fingerprint density at radius 2 is 0.474 bits per heavy atom. The summed E-state index contributed by atoms with van der Waals surface area (Å²) in [5.41, 5.74) is 0. The van der Waals surface area contributed by atoms with Crippen molar-refractivity contribution in [3.63, 3.8) is 0 Å². The fourth-order valence-corrected chi connectivity index (χ4v) is 8.44. The van der Waals surface area contributed by atoms with Gasteiger partial charge in [0, 0.05) is 0 Å². The molecule has 0 aliphatic heterocycles. The SMILES string of the molecule is O=P(O)(O)[O][Mo](=[O])(=[O])[O-].O=P(O)(O)[O][Mo](=[O])(=[O])[O-].O=P(O)(O)[O][Mo](=[O])(=[O])[O-].O=P(O)(O)[O][Mo](=[O])(=[O])[O-].[Ca+2].[Zn+2]. The molecule has 8 N–H and O–H groups in total. The van der Waals surface area contributed by atoms with Crippen molar-refractivity contribution >= 4 is 69.0 Å². The Labute approximate surface area is 264 Å². The standard InChI is InChI=1S/Ca.4Mo.4H3O4P.12O.Zn/c;;;;;4*1-5(2,3)4;;;;;;;;;;;;;/h;;;;;4*(H3,1,2,3,4);;;;;;;;;;;;;/q+2;4*+1;;;;;;;;;;;;;4*-1;+2/p-4. The molecule has 0 fully saturated rings. The van der Waals surface area contributed by atoms with Crippen LogP contribution in [0, 0.1) is 0 Å². The van der Waals surface area contributed by atoms with Crippen molar-refractivity contribution in [2.24, 2.45) is 0 Å². The van der Waals surface area contributed by atoms with Crippen LogP contribution in [0.1, 0.15) is 0 Å². The minimum absolute atomic E-state index is 0. The molecule has 224 valence electrons. The number of hydrogen-bond acceptors (Lipinski definition) is 20. The van der Waals surface area contributed by atoms with Crippen LogP contribution in [0.4, 0.5) is 0 Å². The third-order valence-electron chi connectivity index (χ3n) is 0.754. The Balaban J connectivity index is -0.0000000883. The normalized spacial score (nSPS) is 12.9. The first-order valence-corrected chi connectivity index (χ1v) is 25.0. The fourth-order valence-electron chi connectivity index (χ4n) is 0.476. The van der Waals surface area contributed by atoms with Gasteiger partial charge in [0.2, 0.25) is 0 Å². The Hall–Kier alpha value is 3.32. The Morgan fingerprint density at radius 3 is 0.474 bits per heavy atom. The number of phosphoric acid groups is 4. The third-order valence-corrected chi connectivity index (χ3v) is 13.4. The van der Waals surface area contributed by atoms with Gasteiger partial charge in [0.05, 0.1) is 0 Å². The second-order valence-electron chi connectivity index (χ2n) is 3.89. The minimum atomic E-state index is -6.28. The van der Waals surface area contributed by atoms with E-state index in [2.05, 4.69) is 12.7 Å². The van der Waals surface area contributed by atoms with Gasteiger partial charge in [-0.15, -0.1) is 0 Å². The molecule has 38 heavy (non-hydrogen) atoms. The van der Waals surface area contributed by atoms with Gasteiger partial charge in [0.1, 0.15) is 0 Å². The van der Waals surface area contributed by atoms with E-state index in [1.54, 1.807) is 0 Å². The van der Waals surface area contributed by atoms with Crippen molar-refractivity contribution in [3.05, 3.63) is 0 Å². The summed E-state index contributed by atoms with van der Waals surface area (Å²) in [6, 6.07) is 0. The second-order valence-corrected chi connectivity index (χ2v) is 20.8. The summed E-state index contributed by atoms with van der Waals surface area (Å²) in [6.45, 7) is 0. The quantitative estimate of drug-likeness (QED) is 0.0827. The maximum atomic E-state index is 9.57. The van der Waals surface area contributed by atoms with E-state index < -0.39 is 98.3 Å². The molecule has 0 bridgehead atoms. The van der Waals surface area contributed by atoms with Crippen LogP contribution in [0.25, 0.3) is 0 Å². The monoisotopic (exact) mass is 1080 g/mol. The summed E-state index contributed by atoms with van der Waals surface area (Å²) in [7, 11) is -20.6. The number of hydrogen-bond donors (Lipinski definition) is 8. The van der Waals surface area contributed by atoms with Crippen molar-refractivity contribution < 1.29 is 199 Å². The molecule has 38 heteroatoms. The van der Waals surface area contributed by atoms with Crippen LogP contribution in [-0.2, 0) is 145 Å². The smallest absolute Gasteiger partial charge is 2.00 e. The molecule has 0 aromatic heterocycles. The molecular formula is H8CaMo4O28P4Zn. The predicted molar refractivity (Wildman–Crippen MR) is 63.8 cm³/mol. The predicted octanol–water partition coefficient (Wildman–Crippen LogP) is -7.86. The molecule has 0 saturated carbocycles. The minimum Gasteiger partial charge on any atom is 2.00 e. The van der Waals surface area contributed by atoms with Crippen molar-refractivity contribution in [3.8, 4) is 0 Å². The van der Waals surface area contributed by atoms with E-state index in [1.165, 1.54) is 0 Å².